The van der Waals surface area contributed by atoms with E-state index in [0.717, 1.165) is 5.69 Å². The Bertz CT molecular complexity index is 280. The second-order valence-electron chi connectivity index (χ2n) is 2.55. The van der Waals surface area contributed by atoms with Crippen LogP contribution >= 0.6 is 11.6 Å². The van der Waals surface area contributed by atoms with E-state index < -0.39 is 0 Å². The molecule has 0 spiro atoms. The number of ether oxygens (including phenoxy) is 1. The molecule has 4 nitrogen and oxygen atoms in total. The van der Waals surface area contributed by atoms with Crippen molar-refractivity contribution < 1.29 is 4.74 Å². The van der Waals surface area contributed by atoms with Crippen molar-refractivity contribution in [3.63, 3.8) is 0 Å². The molecule has 0 aromatic carbocycles. The lowest BCUT2D eigenvalue weighted by atomic mass is 10.4. The monoisotopic (exact) mass is 201 g/mol. The molecule has 1 aromatic rings. The van der Waals surface area contributed by atoms with E-state index >= 15 is 0 Å². The molecule has 0 aliphatic rings. The second kappa shape index (κ2) is 4.99. The van der Waals surface area contributed by atoms with Crippen molar-refractivity contribution in [2.24, 2.45) is 0 Å². The summed E-state index contributed by atoms with van der Waals surface area (Å²) in [6.07, 6.45) is 1.53. The number of nitrogens with one attached hydrogen (secondary N) is 1. The molecular formula is C8H12ClN3O. The summed E-state index contributed by atoms with van der Waals surface area (Å²) in [5.74, 6) is 0.713. The van der Waals surface area contributed by atoms with Crippen molar-refractivity contribution in [2.45, 2.75) is 6.92 Å². The molecule has 1 N–H and O–H groups in total. The van der Waals surface area contributed by atoms with Crippen LogP contribution in [-0.2, 0) is 4.74 Å². The number of rotatable bonds is 4. The van der Waals surface area contributed by atoms with E-state index in [-0.39, 0.29) is 0 Å². The lowest BCUT2D eigenvalue weighted by molar-refractivity contribution is 0.210. The van der Waals surface area contributed by atoms with Gasteiger partial charge in [0, 0.05) is 13.7 Å². The van der Waals surface area contributed by atoms with Crippen LogP contribution in [-0.4, -0.2) is 30.2 Å². The molecular weight excluding hydrogens is 190 g/mol. The summed E-state index contributed by atoms with van der Waals surface area (Å²) in [5.41, 5.74) is 0.834. The SMILES string of the molecule is COCCNc1nc(Cl)cnc1C. The van der Waals surface area contributed by atoms with Crippen molar-refractivity contribution in [2.75, 3.05) is 25.6 Å². The average Bonchev–Trinajstić information content (AvgIpc) is 2.11. The van der Waals surface area contributed by atoms with Crippen molar-refractivity contribution >= 4 is 17.4 Å². The van der Waals surface area contributed by atoms with Crippen molar-refractivity contribution in [1.29, 1.82) is 0 Å². The van der Waals surface area contributed by atoms with Gasteiger partial charge in [-0.1, -0.05) is 11.6 Å². The fraction of sp³-hybridized carbons (Fsp3) is 0.500. The van der Waals surface area contributed by atoms with Crippen molar-refractivity contribution in [1.82, 2.24) is 9.97 Å². The van der Waals surface area contributed by atoms with Gasteiger partial charge in [0.25, 0.3) is 0 Å². The third-order valence-electron chi connectivity index (χ3n) is 1.52. The molecule has 0 unspecified atom stereocenters. The number of anilines is 1. The molecule has 1 aromatic heterocycles. The Balaban J connectivity index is 2.59. The second-order valence-corrected chi connectivity index (χ2v) is 2.93. The van der Waals surface area contributed by atoms with Crippen LogP contribution in [0.1, 0.15) is 5.69 Å². The number of nitrogens with zero attached hydrogens (tertiary/aromatic N) is 2. The molecule has 0 aliphatic heterocycles. The van der Waals surface area contributed by atoms with E-state index in [4.69, 9.17) is 16.3 Å². The topological polar surface area (TPSA) is 47.0 Å². The maximum Gasteiger partial charge on any atom is 0.149 e. The molecule has 0 aliphatic carbocycles. The maximum atomic E-state index is 5.68. The van der Waals surface area contributed by atoms with E-state index in [1.165, 1.54) is 6.20 Å². The first-order chi connectivity index (χ1) is 6.24. The molecule has 0 bridgehead atoms. The van der Waals surface area contributed by atoms with Crippen LogP contribution in [0.5, 0.6) is 0 Å². The molecule has 0 fully saturated rings. The molecule has 0 atom stereocenters. The van der Waals surface area contributed by atoms with Gasteiger partial charge in [0.2, 0.25) is 0 Å². The van der Waals surface area contributed by atoms with E-state index in [9.17, 15) is 0 Å². The lowest BCUT2D eigenvalue weighted by Crippen LogP contribution is -2.10. The first-order valence-electron chi connectivity index (χ1n) is 3.96. The Morgan fingerprint density at radius 3 is 3.08 bits per heavy atom. The summed E-state index contributed by atoms with van der Waals surface area (Å²) < 4.78 is 4.89. The van der Waals surface area contributed by atoms with Gasteiger partial charge in [-0.2, -0.15) is 0 Å². The normalized spacial score (nSPS) is 10.1. The highest BCUT2D eigenvalue weighted by atomic mass is 35.5. The van der Waals surface area contributed by atoms with E-state index in [2.05, 4.69) is 15.3 Å². The Hall–Kier alpha value is -0.870. The Kier molecular flexibility index (Phi) is 3.92. The minimum atomic E-state index is 0.394. The predicted octanol–water partition coefficient (Wildman–Crippen LogP) is 1.50. The highest BCUT2D eigenvalue weighted by Gasteiger charge is 2.00. The van der Waals surface area contributed by atoms with Crippen LogP contribution in [0.4, 0.5) is 5.82 Å². The fourth-order valence-corrected chi connectivity index (χ4v) is 1.00. The van der Waals surface area contributed by atoms with E-state index in [1.807, 2.05) is 6.92 Å². The van der Waals surface area contributed by atoms with Gasteiger partial charge in [-0.05, 0) is 6.92 Å². The van der Waals surface area contributed by atoms with Crippen molar-refractivity contribution in [3.05, 3.63) is 17.0 Å². The van der Waals surface area contributed by atoms with Gasteiger partial charge in [0.15, 0.2) is 0 Å². The smallest absolute Gasteiger partial charge is 0.149 e. The van der Waals surface area contributed by atoms with E-state index in [1.54, 1.807) is 7.11 Å². The number of aryl methyl sites for hydroxylation is 1. The molecule has 13 heavy (non-hydrogen) atoms. The predicted molar refractivity (Wildman–Crippen MR) is 52.1 cm³/mol. The summed E-state index contributed by atoms with van der Waals surface area (Å²) in [6, 6.07) is 0. The molecule has 5 heteroatoms. The van der Waals surface area contributed by atoms with Crippen LogP contribution in [0.15, 0.2) is 6.20 Å². The highest BCUT2D eigenvalue weighted by molar-refractivity contribution is 6.29. The zero-order chi connectivity index (χ0) is 9.68. The average molecular weight is 202 g/mol. The van der Waals surface area contributed by atoms with Gasteiger partial charge in [-0.3, -0.25) is 4.98 Å². The Labute approximate surface area is 82.3 Å². The molecule has 0 saturated heterocycles. The summed E-state index contributed by atoms with van der Waals surface area (Å²) in [4.78, 5) is 8.14. The number of halogens is 1. The largest absolute Gasteiger partial charge is 0.383 e. The van der Waals surface area contributed by atoms with Gasteiger partial charge >= 0.3 is 0 Å². The van der Waals surface area contributed by atoms with Crippen LogP contribution in [0.2, 0.25) is 5.15 Å². The third-order valence-corrected chi connectivity index (χ3v) is 1.71. The number of hydrogen-bond donors (Lipinski definition) is 1. The molecule has 1 rings (SSSR count). The van der Waals surface area contributed by atoms with Crippen LogP contribution in [0.25, 0.3) is 0 Å². The summed E-state index contributed by atoms with van der Waals surface area (Å²) in [6.45, 7) is 3.21. The number of methoxy groups -OCH3 is 1. The zero-order valence-corrected chi connectivity index (χ0v) is 8.43. The number of hydrogen-bond acceptors (Lipinski definition) is 4. The van der Waals surface area contributed by atoms with Crippen LogP contribution < -0.4 is 5.32 Å². The van der Waals surface area contributed by atoms with Gasteiger partial charge in [-0.25, -0.2) is 4.98 Å². The first kappa shape index (κ1) is 10.2. The highest BCUT2D eigenvalue weighted by Crippen LogP contribution is 2.11. The van der Waals surface area contributed by atoms with Gasteiger partial charge in [0.1, 0.15) is 11.0 Å². The summed E-state index contributed by atoms with van der Waals surface area (Å²) >= 11 is 5.68. The van der Waals surface area contributed by atoms with Gasteiger partial charge < -0.3 is 10.1 Å². The molecule has 0 radical (unpaired) electrons. The van der Waals surface area contributed by atoms with Gasteiger partial charge in [0.05, 0.1) is 18.5 Å². The van der Waals surface area contributed by atoms with Crippen molar-refractivity contribution in [3.8, 4) is 0 Å². The number of aromatic nitrogens is 2. The molecule has 0 saturated carbocycles. The minimum Gasteiger partial charge on any atom is -0.383 e. The standard InChI is InChI=1S/C8H12ClN3O/c1-6-8(10-3-4-13-2)12-7(9)5-11-6/h5H,3-4H2,1-2H3,(H,10,12). The van der Waals surface area contributed by atoms with Crippen LogP contribution in [0, 0.1) is 6.92 Å². The zero-order valence-electron chi connectivity index (χ0n) is 7.67. The lowest BCUT2D eigenvalue weighted by Gasteiger charge is -2.06. The summed E-state index contributed by atoms with van der Waals surface area (Å²) in [5, 5.41) is 3.47. The fourth-order valence-electron chi connectivity index (χ4n) is 0.867. The van der Waals surface area contributed by atoms with Gasteiger partial charge in [-0.15, -0.1) is 0 Å². The molecule has 1 heterocycles. The first-order valence-corrected chi connectivity index (χ1v) is 4.34. The Morgan fingerprint density at radius 2 is 2.38 bits per heavy atom. The Morgan fingerprint density at radius 1 is 1.62 bits per heavy atom. The summed E-state index contributed by atoms with van der Waals surface area (Å²) in [7, 11) is 1.65. The quantitative estimate of drug-likeness (QED) is 0.750. The molecule has 72 valence electrons. The van der Waals surface area contributed by atoms with Crippen LogP contribution in [0.3, 0.4) is 0 Å². The molecule has 0 amide bonds. The maximum absolute atomic E-state index is 5.68. The minimum absolute atomic E-state index is 0.394. The third kappa shape index (κ3) is 3.16. The van der Waals surface area contributed by atoms with E-state index in [0.29, 0.717) is 24.1 Å².